The van der Waals surface area contributed by atoms with Crippen LogP contribution in [0.5, 0.6) is 11.5 Å². The van der Waals surface area contributed by atoms with Crippen molar-refractivity contribution in [1.29, 1.82) is 0 Å². The molecule has 4 rings (SSSR count). The molecular weight excluding hydrogens is 556 g/mol. The van der Waals surface area contributed by atoms with Crippen LogP contribution in [0, 0.1) is 10.1 Å². The van der Waals surface area contributed by atoms with Gasteiger partial charge in [0, 0.05) is 37.8 Å². The molecule has 0 spiro atoms. The Morgan fingerprint density at radius 2 is 1.79 bits per heavy atom. The van der Waals surface area contributed by atoms with Crippen molar-refractivity contribution in [3.63, 3.8) is 0 Å². The number of amides is 3. The van der Waals surface area contributed by atoms with Crippen molar-refractivity contribution in [2.75, 3.05) is 27.3 Å². The number of unbranched alkanes of at least 4 members (excludes halogenated alkanes) is 1. The van der Waals surface area contributed by atoms with Crippen LogP contribution >= 0.6 is 0 Å². The van der Waals surface area contributed by atoms with E-state index in [-0.39, 0.29) is 23.3 Å². The van der Waals surface area contributed by atoms with Gasteiger partial charge in [0.2, 0.25) is 11.8 Å². The zero-order valence-electron chi connectivity index (χ0n) is 24.0. The van der Waals surface area contributed by atoms with Crippen LogP contribution in [0.15, 0.2) is 65.3 Å². The van der Waals surface area contributed by atoms with Crippen LogP contribution in [0.1, 0.15) is 46.5 Å². The van der Waals surface area contributed by atoms with Crippen LogP contribution in [-0.4, -0.2) is 60.9 Å². The van der Waals surface area contributed by atoms with Crippen molar-refractivity contribution in [3.8, 4) is 11.5 Å². The molecule has 12 nitrogen and oxygen atoms in total. The smallest absolute Gasteiger partial charge is 0.286 e. The zero-order valence-corrected chi connectivity index (χ0v) is 24.0. The Balaban J connectivity index is 1.41. The van der Waals surface area contributed by atoms with Crippen molar-refractivity contribution in [1.82, 2.24) is 15.5 Å². The Hall–Kier alpha value is -5.13. The van der Waals surface area contributed by atoms with Crippen LogP contribution < -0.4 is 20.1 Å². The lowest BCUT2D eigenvalue weighted by Gasteiger charge is -2.32. The van der Waals surface area contributed by atoms with Crippen molar-refractivity contribution < 1.29 is 33.2 Å². The summed E-state index contributed by atoms with van der Waals surface area (Å²) < 4.78 is 15.9. The Bertz CT molecular complexity index is 1470. The molecule has 2 heterocycles. The first-order valence-electron chi connectivity index (χ1n) is 13.9. The van der Waals surface area contributed by atoms with Gasteiger partial charge in [-0.25, -0.2) is 0 Å². The maximum atomic E-state index is 13.7. The first-order chi connectivity index (χ1) is 20.8. The average molecular weight is 591 g/mol. The normalized spacial score (nSPS) is 13.2. The van der Waals surface area contributed by atoms with E-state index in [1.807, 2.05) is 12.1 Å². The number of hydrogen-bond acceptors (Lipinski definition) is 8. The second-order valence-corrected chi connectivity index (χ2v) is 9.96. The molecule has 12 heteroatoms. The standard InChI is InChI=1S/C31H34N4O8/c1-41-27-18-22-14-16-34(20-23(22)19-28(27)42-2)31(38)25(6-3-4-15-32-30(37)26-7-5-17-43-26)33-29(36)13-10-21-8-11-24(12-9-21)35(39)40/h5,7-13,17-19,25H,3-4,6,14-16,20H2,1-2H3,(H,32,37)(H,33,36). The van der Waals surface area contributed by atoms with Gasteiger partial charge < -0.3 is 29.4 Å². The Kier molecular flexibility index (Phi) is 10.5. The lowest BCUT2D eigenvalue weighted by molar-refractivity contribution is -0.384. The fourth-order valence-corrected chi connectivity index (χ4v) is 4.82. The lowest BCUT2D eigenvalue weighted by atomic mass is 9.97. The molecule has 1 aromatic heterocycles. The highest BCUT2D eigenvalue weighted by molar-refractivity contribution is 5.95. The molecular formula is C31H34N4O8. The summed E-state index contributed by atoms with van der Waals surface area (Å²) in [5.41, 5.74) is 2.57. The average Bonchev–Trinajstić information content (AvgIpc) is 3.57. The Morgan fingerprint density at radius 3 is 2.44 bits per heavy atom. The molecule has 2 N–H and O–H groups in total. The number of carbonyl (C=O) groups excluding carboxylic acids is 3. The second-order valence-electron chi connectivity index (χ2n) is 9.96. The number of nitrogens with zero attached hydrogens (tertiary/aromatic N) is 2. The van der Waals surface area contributed by atoms with E-state index in [9.17, 15) is 24.5 Å². The fourth-order valence-electron chi connectivity index (χ4n) is 4.82. The number of carbonyl (C=O) groups is 3. The van der Waals surface area contributed by atoms with E-state index in [1.165, 1.54) is 42.7 Å². The topological polar surface area (TPSA) is 153 Å². The van der Waals surface area contributed by atoms with Gasteiger partial charge in [0.05, 0.1) is 25.4 Å². The number of hydrogen-bond donors (Lipinski definition) is 2. The van der Waals surface area contributed by atoms with E-state index in [2.05, 4.69) is 10.6 Å². The molecule has 226 valence electrons. The van der Waals surface area contributed by atoms with E-state index in [4.69, 9.17) is 13.9 Å². The highest BCUT2D eigenvalue weighted by atomic mass is 16.6. The van der Waals surface area contributed by atoms with Gasteiger partial charge in [0.1, 0.15) is 6.04 Å². The molecule has 0 aliphatic carbocycles. The summed E-state index contributed by atoms with van der Waals surface area (Å²) in [6.07, 6.45) is 6.40. The van der Waals surface area contributed by atoms with Crippen molar-refractivity contribution >= 4 is 29.5 Å². The second kappa shape index (κ2) is 14.7. The monoisotopic (exact) mass is 590 g/mol. The molecule has 3 amide bonds. The quantitative estimate of drug-likeness (QED) is 0.132. The Morgan fingerprint density at radius 1 is 1.07 bits per heavy atom. The number of nitro groups is 1. The number of benzene rings is 2. The molecule has 1 atom stereocenters. The predicted octanol–water partition coefficient (Wildman–Crippen LogP) is 3.89. The van der Waals surface area contributed by atoms with E-state index < -0.39 is 16.9 Å². The number of furan rings is 1. The van der Waals surface area contributed by atoms with Gasteiger partial charge in [-0.05, 0) is 84.8 Å². The first kappa shape index (κ1) is 30.8. The van der Waals surface area contributed by atoms with Gasteiger partial charge in [-0.3, -0.25) is 24.5 Å². The lowest BCUT2D eigenvalue weighted by Crippen LogP contribution is -2.49. The molecule has 0 radical (unpaired) electrons. The summed E-state index contributed by atoms with van der Waals surface area (Å²) in [7, 11) is 3.14. The van der Waals surface area contributed by atoms with Crippen LogP contribution in [0.4, 0.5) is 5.69 Å². The summed E-state index contributed by atoms with van der Waals surface area (Å²) in [6, 6.07) is 12.0. The largest absolute Gasteiger partial charge is 0.493 e. The van der Waals surface area contributed by atoms with Gasteiger partial charge in [-0.15, -0.1) is 0 Å². The van der Waals surface area contributed by atoms with Crippen molar-refractivity contribution in [2.24, 2.45) is 0 Å². The summed E-state index contributed by atoms with van der Waals surface area (Å²) in [4.78, 5) is 50.8. The molecule has 0 bridgehead atoms. The molecule has 0 saturated heterocycles. The van der Waals surface area contributed by atoms with Gasteiger partial charge >= 0.3 is 0 Å². The van der Waals surface area contributed by atoms with Crippen LogP contribution in [0.25, 0.3) is 6.08 Å². The van der Waals surface area contributed by atoms with Gasteiger partial charge in [0.15, 0.2) is 17.3 Å². The molecule has 0 fully saturated rings. The zero-order chi connectivity index (χ0) is 30.8. The SMILES string of the molecule is COc1cc2c(cc1OC)CN(C(=O)C(CCCCNC(=O)c1ccco1)NC(=O)C=Cc1ccc([N+](=O)[O-])cc1)CC2. The fraction of sp³-hybridized carbons (Fsp3) is 0.323. The highest BCUT2D eigenvalue weighted by Crippen LogP contribution is 2.33. The first-order valence-corrected chi connectivity index (χ1v) is 13.9. The van der Waals surface area contributed by atoms with Gasteiger partial charge in [-0.1, -0.05) is 0 Å². The molecule has 1 unspecified atom stereocenters. The number of ether oxygens (including phenoxy) is 2. The van der Waals surface area contributed by atoms with Crippen LogP contribution in [-0.2, 0) is 22.6 Å². The molecule has 3 aromatic rings. The summed E-state index contributed by atoms with van der Waals surface area (Å²) in [5.74, 6) is 0.434. The van der Waals surface area contributed by atoms with E-state index in [1.54, 1.807) is 31.3 Å². The predicted molar refractivity (Wildman–Crippen MR) is 158 cm³/mol. The summed E-state index contributed by atoms with van der Waals surface area (Å²) in [5, 5.41) is 16.5. The minimum absolute atomic E-state index is 0.0493. The molecule has 43 heavy (non-hydrogen) atoms. The number of fused-ring (bicyclic) bond motifs is 1. The number of nitro benzene ring substituents is 1. The maximum absolute atomic E-state index is 13.7. The third-order valence-electron chi connectivity index (χ3n) is 7.13. The summed E-state index contributed by atoms with van der Waals surface area (Å²) in [6.45, 7) is 1.22. The van der Waals surface area contributed by atoms with Crippen LogP contribution in [0.3, 0.4) is 0 Å². The van der Waals surface area contributed by atoms with Crippen LogP contribution in [0.2, 0.25) is 0 Å². The van der Waals surface area contributed by atoms with Gasteiger partial charge in [0.25, 0.3) is 11.6 Å². The minimum Gasteiger partial charge on any atom is -0.493 e. The van der Waals surface area contributed by atoms with E-state index >= 15 is 0 Å². The van der Waals surface area contributed by atoms with E-state index in [0.29, 0.717) is 62.4 Å². The number of nitrogens with one attached hydrogen (secondary N) is 2. The maximum Gasteiger partial charge on any atom is 0.286 e. The minimum atomic E-state index is -0.795. The number of methoxy groups -OCH3 is 2. The van der Waals surface area contributed by atoms with Crippen molar-refractivity contribution in [2.45, 2.75) is 38.3 Å². The molecule has 2 aromatic carbocycles. The number of non-ortho nitro benzene ring substituents is 1. The molecule has 0 saturated carbocycles. The molecule has 1 aliphatic heterocycles. The third kappa shape index (κ3) is 8.22. The van der Waals surface area contributed by atoms with Crippen molar-refractivity contribution in [3.05, 3.63) is 93.4 Å². The molecule has 1 aliphatic rings. The number of rotatable bonds is 13. The Labute approximate surface area is 248 Å². The third-order valence-corrected chi connectivity index (χ3v) is 7.13. The van der Waals surface area contributed by atoms with Gasteiger partial charge in [-0.2, -0.15) is 0 Å². The van der Waals surface area contributed by atoms with E-state index in [0.717, 1.165) is 11.1 Å². The highest BCUT2D eigenvalue weighted by Gasteiger charge is 2.29. The summed E-state index contributed by atoms with van der Waals surface area (Å²) >= 11 is 0.